The number of nitrogens with one attached hydrogen (secondary N) is 2. The Morgan fingerprint density at radius 3 is 2.67 bits per heavy atom. The van der Waals surface area contributed by atoms with Gasteiger partial charge in [0.05, 0.1) is 6.17 Å². The molecule has 1 aliphatic rings. The lowest BCUT2D eigenvalue weighted by Gasteiger charge is -2.36. The molecule has 0 aliphatic carbocycles. The van der Waals surface area contributed by atoms with Crippen molar-refractivity contribution in [1.82, 2.24) is 10.6 Å². The highest BCUT2D eigenvalue weighted by molar-refractivity contribution is 8.02. The highest BCUT2D eigenvalue weighted by Crippen LogP contribution is 2.26. The molecule has 88 valence electrons. The van der Waals surface area contributed by atoms with E-state index in [0.717, 1.165) is 12.6 Å². The van der Waals surface area contributed by atoms with Gasteiger partial charge >= 0.3 is 6.92 Å². The number of hydrogen-bond acceptors (Lipinski definition) is 4. The Hall–Kier alpha value is 0.400. The summed E-state index contributed by atoms with van der Waals surface area (Å²) in [7, 11) is 0. The summed E-state index contributed by atoms with van der Waals surface area (Å²) in [6.07, 6.45) is 2.43. The van der Waals surface area contributed by atoms with E-state index in [-0.39, 0.29) is 6.23 Å². The van der Waals surface area contributed by atoms with E-state index in [4.69, 9.17) is 16.3 Å². The molecule has 0 aromatic heterocycles. The zero-order valence-electron chi connectivity index (χ0n) is 9.99. The molecule has 0 aromatic carbocycles. The van der Waals surface area contributed by atoms with Crippen LogP contribution in [0.1, 0.15) is 34.1 Å². The van der Waals surface area contributed by atoms with Crippen LogP contribution in [0.15, 0.2) is 0 Å². The number of hydrogen-bond donors (Lipinski definition) is 2. The van der Waals surface area contributed by atoms with Crippen molar-refractivity contribution in [2.75, 3.05) is 6.16 Å². The Kier molecular flexibility index (Phi) is 5.58. The molecule has 1 aliphatic heterocycles. The first-order chi connectivity index (χ1) is 7.02. The maximum atomic E-state index is 5.82. The minimum Gasteiger partial charge on any atom is -0.299 e. The number of rotatable bonds is 4. The minimum atomic E-state index is -0.666. The molecule has 0 bridgehead atoms. The summed E-state index contributed by atoms with van der Waals surface area (Å²) in [5.41, 5.74) is 0. The molecule has 3 nitrogen and oxygen atoms in total. The molecular formula is C10H22N2OPS+. The van der Waals surface area contributed by atoms with Crippen molar-refractivity contribution in [3.05, 3.63) is 0 Å². The van der Waals surface area contributed by atoms with Gasteiger partial charge < -0.3 is 0 Å². The van der Waals surface area contributed by atoms with E-state index in [1.807, 2.05) is 0 Å². The third-order valence-corrected chi connectivity index (χ3v) is 4.61. The topological polar surface area (TPSA) is 33.3 Å². The molecule has 0 spiro atoms. The molecule has 0 amide bonds. The van der Waals surface area contributed by atoms with Gasteiger partial charge in [-0.3, -0.25) is 10.6 Å². The minimum absolute atomic E-state index is 0.136. The zero-order chi connectivity index (χ0) is 11.4. The molecule has 0 saturated carbocycles. The zero-order valence-corrected chi connectivity index (χ0v) is 11.7. The van der Waals surface area contributed by atoms with E-state index in [9.17, 15) is 0 Å². The first-order valence-electron chi connectivity index (χ1n) is 5.66. The van der Waals surface area contributed by atoms with Crippen molar-refractivity contribution in [3.8, 4) is 0 Å². The Labute approximate surface area is 98.9 Å². The van der Waals surface area contributed by atoms with Crippen molar-refractivity contribution in [1.29, 1.82) is 0 Å². The molecule has 4 unspecified atom stereocenters. The molecular weight excluding hydrogens is 227 g/mol. The van der Waals surface area contributed by atoms with E-state index in [1.165, 1.54) is 0 Å². The van der Waals surface area contributed by atoms with Crippen LogP contribution >= 0.6 is 6.92 Å². The second kappa shape index (κ2) is 6.21. The molecule has 0 radical (unpaired) electrons. The predicted molar refractivity (Wildman–Crippen MR) is 68.7 cm³/mol. The lowest BCUT2D eigenvalue weighted by Crippen LogP contribution is -2.59. The van der Waals surface area contributed by atoms with Gasteiger partial charge in [0.25, 0.3) is 0 Å². The van der Waals surface area contributed by atoms with Crippen LogP contribution in [0, 0.1) is 5.92 Å². The van der Waals surface area contributed by atoms with Crippen LogP contribution < -0.4 is 10.6 Å². The van der Waals surface area contributed by atoms with Crippen LogP contribution in [0.2, 0.25) is 0 Å². The van der Waals surface area contributed by atoms with Gasteiger partial charge in [0, 0.05) is 12.5 Å². The van der Waals surface area contributed by atoms with Gasteiger partial charge in [-0.25, -0.2) is 0 Å². The maximum Gasteiger partial charge on any atom is 0.338 e. The van der Waals surface area contributed by atoms with Gasteiger partial charge in [-0.2, -0.15) is 0 Å². The van der Waals surface area contributed by atoms with Crippen molar-refractivity contribution in [2.24, 2.45) is 5.92 Å². The smallest absolute Gasteiger partial charge is 0.299 e. The summed E-state index contributed by atoms with van der Waals surface area (Å²) in [5, 5.41) is 6.98. The first kappa shape index (κ1) is 13.5. The average molecular weight is 249 g/mol. The van der Waals surface area contributed by atoms with E-state index in [1.54, 1.807) is 0 Å². The van der Waals surface area contributed by atoms with Crippen molar-refractivity contribution < 1.29 is 4.52 Å². The fourth-order valence-electron chi connectivity index (χ4n) is 1.69. The van der Waals surface area contributed by atoms with Crippen LogP contribution in [-0.2, 0) is 16.3 Å². The second-order valence-electron chi connectivity index (χ2n) is 4.43. The van der Waals surface area contributed by atoms with Crippen molar-refractivity contribution >= 4 is 18.7 Å². The lowest BCUT2D eigenvalue weighted by molar-refractivity contribution is 0.0826. The van der Waals surface area contributed by atoms with E-state index >= 15 is 0 Å². The Bertz CT molecular complexity index is 225. The van der Waals surface area contributed by atoms with Gasteiger partial charge in [-0.05, 0) is 19.8 Å². The fourth-order valence-corrected chi connectivity index (χ4v) is 2.58. The molecule has 0 aromatic rings. The summed E-state index contributed by atoms with van der Waals surface area (Å²) in [4.78, 5) is 0. The quantitative estimate of drug-likeness (QED) is 0.748. The Balaban J connectivity index is 2.48. The van der Waals surface area contributed by atoms with E-state index in [0.29, 0.717) is 18.1 Å². The van der Waals surface area contributed by atoms with E-state index in [2.05, 4.69) is 38.3 Å². The lowest BCUT2D eigenvalue weighted by atomic mass is 10.1. The van der Waals surface area contributed by atoms with Crippen LogP contribution in [0.25, 0.3) is 0 Å². The molecule has 1 saturated heterocycles. The molecule has 1 rings (SSSR count). The van der Waals surface area contributed by atoms with Crippen molar-refractivity contribution in [2.45, 2.75) is 52.6 Å². The monoisotopic (exact) mass is 249 g/mol. The highest BCUT2D eigenvalue weighted by Gasteiger charge is 2.30. The Morgan fingerprint density at radius 1 is 1.47 bits per heavy atom. The van der Waals surface area contributed by atoms with E-state index < -0.39 is 6.92 Å². The van der Waals surface area contributed by atoms with Crippen LogP contribution in [0.3, 0.4) is 0 Å². The van der Waals surface area contributed by atoms with Gasteiger partial charge in [-0.15, -0.1) is 4.52 Å². The Morgan fingerprint density at radius 2 is 2.13 bits per heavy atom. The molecule has 15 heavy (non-hydrogen) atoms. The van der Waals surface area contributed by atoms with Crippen LogP contribution in [0.5, 0.6) is 0 Å². The average Bonchev–Trinajstić information content (AvgIpc) is 2.16. The predicted octanol–water partition coefficient (Wildman–Crippen LogP) is 2.16. The third kappa shape index (κ3) is 4.41. The summed E-state index contributed by atoms with van der Waals surface area (Å²) in [6, 6.07) is 0.499. The summed E-state index contributed by atoms with van der Waals surface area (Å²) < 4.78 is 5.82. The van der Waals surface area contributed by atoms with Crippen molar-refractivity contribution in [3.63, 3.8) is 0 Å². The first-order valence-corrected chi connectivity index (χ1v) is 8.12. The largest absolute Gasteiger partial charge is 0.338 e. The van der Waals surface area contributed by atoms with Crippen LogP contribution in [-0.4, -0.2) is 24.6 Å². The summed E-state index contributed by atoms with van der Waals surface area (Å²) >= 11 is 5.24. The molecule has 4 atom stereocenters. The van der Waals surface area contributed by atoms with Crippen LogP contribution in [0.4, 0.5) is 0 Å². The van der Waals surface area contributed by atoms with Gasteiger partial charge in [-0.1, -0.05) is 13.8 Å². The van der Waals surface area contributed by atoms with Gasteiger partial charge in [0.1, 0.15) is 6.16 Å². The summed E-state index contributed by atoms with van der Waals surface area (Å²) in [6.45, 7) is 8.03. The van der Waals surface area contributed by atoms with Gasteiger partial charge in [0.15, 0.2) is 18.0 Å². The fraction of sp³-hybridized carbons (Fsp3) is 1.00. The standard InChI is InChI=1S/C10H22N2OPS/c1-5-14(15)13-9-6-8(4)11-10(12-9)7(2)3/h7-12H,5-6H2,1-4H3/q+1. The second-order valence-corrected chi connectivity index (χ2v) is 7.17. The molecule has 2 N–H and O–H groups in total. The summed E-state index contributed by atoms with van der Waals surface area (Å²) in [5.74, 6) is 0.567. The molecule has 1 heterocycles. The van der Waals surface area contributed by atoms with Gasteiger partial charge in [0.2, 0.25) is 0 Å². The molecule has 1 fully saturated rings. The maximum absolute atomic E-state index is 5.82. The SMILES string of the molecule is CC[P+](=S)OC1CC(C)NC(C(C)C)N1. The normalized spacial score (nSPS) is 33.1. The molecule has 5 heteroatoms. The highest BCUT2D eigenvalue weighted by atomic mass is 32.4. The third-order valence-electron chi connectivity index (χ3n) is 2.57.